The van der Waals surface area contributed by atoms with Crippen LogP contribution in [0.4, 0.5) is 4.39 Å². The smallest absolute Gasteiger partial charge is 0.246 e. The first-order chi connectivity index (χ1) is 10.7. The zero-order valence-corrected chi connectivity index (χ0v) is 12.4. The van der Waals surface area contributed by atoms with Crippen molar-refractivity contribution in [2.24, 2.45) is 0 Å². The first-order valence-corrected chi connectivity index (χ1v) is 7.71. The molecule has 0 N–H and O–H groups in total. The van der Waals surface area contributed by atoms with E-state index < -0.39 is 0 Å². The van der Waals surface area contributed by atoms with Crippen molar-refractivity contribution >= 4 is 12.0 Å². The van der Waals surface area contributed by atoms with Crippen molar-refractivity contribution in [1.82, 2.24) is 4.90 Å². The molecule has 0 radical (unpaired) electrons. The Morgan fingerprint density at radius 3 is 2.64 bits per heavy atom. The maximum Gasteiger partial charge on any atom is 0.246 e. The van der Waals surface area contributed by atoms with Gasteiger partial charge in [0.25, 0.3) is 0 Å². The number of nitrogens with zero attached hydrogens (tertiary/aromatic N) is 1. The Morgan fingerprint density at radius 2 is 1.91 bits per heavy atom. The van der Waals surface area contributed by atoms with Gasteiger partial charge in [-0.05, 0) is 43.0 Å². The van der Waals surface area contributed by atoms with Crippen LogP contribution in [0.3, 0.4) is 0 Å². The molecule has 1 atom stereocenters. The van der Waals surface area contributed by atoms with Crippen molar-refractivity contribution in [3.63, 3.8) is 0 Å². The Kier molecular flexibility index (Phi) is 4.85. The Hall–Kier alpha value is -1.72. The SMILES string of the molecule is O=C(/C=C/c1ccc(F)cc1)N1CCCC[C@@H]1C1OCCO1. The van der Waals surface area contributed by atoms with Crippen LogP contribution in [0.2, 0.25) is 0 Å². The summed E-state index contributed by atoms with van der Waals surface area (Å²) in [5.74, 6) is -0.330. The number of ether oxygens (including phenoxy) is 2. The number of halogens is 1. The maximum absolute atomic E-state index is 12.9. The lowest BCUT2D eigenvalue weighted by Crippen LogP contribution is -2.49. The topological polar surface area (TPSA) is 38.8 Å². The summed E-state index contributed by atoms with van der Waals surface area (Å²) < 4.78 is 24.0. The van der Waals surface area contributed by atoms with Crippen molar-refractivity contribution in [3.8, 4) is 0 Å². The van der Waals surface area contributed by atoms with Gasteiger partial charge >= 0.3 is 0 Å². The molecule has 2 aliphatic rings. The summed E-state index contributed by atoms with van der Waals surface area (Å²) in [5, 5.41) is 0. The molecule has 0 saturated carbocycles. The molecule has 3 rings (SSSR count). The van der Waals surface area contributed by atoms with E-state index in [1.54, 1.807) is 24.3 Å². The third kappa shape index (κ3) is 3.54. The molecule has 2 aliphatic heterocycles. The number of rotatable bonds is 3. The monoisotopic (exact) mass is 305 g/mol. The molecule has 0 spiro atoms. The number of piperidine rings is 1. The van der Waals surface area contributed by atoms with E-state index in [1.807, 2.05) is 4.90 Å². The lowest BCUT2D eigenvalue weighted by atomic mass is 10.0. The Morgan fingerprint density at radius 1 is 1.18 bits per heavy atom. The van der Waals surface area contributed by atoms with Gasteiger partial charge in [0.05, 0.1) is 19.3 Å². The molecule has 2 fully saturated rings. The number of carbonyl (C=O) groups excluding carboxylic acids is 1. The van der Waals surface area contributed by atoms with E-state index in [2.05, 4.69) is 0 Å². The lowest BCUT2D eigenvalue weighted by Gasteiger charge is -2.37. The number of likely N-dealkylation sites (tertiary alicyclic amines) is 1. The second-order valence-corrected chi connectivity index (χ2v) is 5.59. The van der Waals surface area contributed by atoms with Crippen molar-refractivity contribution in [2.45, 2.75) is 31.6 Å². The molecular formula is C17H20FNO3. The van der Waals surface area contributed by atoms with Crippen LogP contribution in [0.1, 0.15) is 24.8 Å². The largest absolute Gasteiger partial charge is 0.348 e. The minimum absolute atomic E-state index is 0.0124. The molecule has 1 amide bonds. The molecule has 2 saturated heterocycles. The van der Waals surface area contributed by atoms with Gasteiger partial charge in [-0.2, -0.15) is 0 Å². The van der Waals surface area contributed by atoms with Crippen LogP contribution in [-0.4, -0.2) is 42.9 Å². The number of hydrogen-bond donors (Lipinski definition) is 0. The maximum atomic E-state index is 12.9. The van der Waals surface area contributed by atoms with Gasteiger partial charge in [0.15, 0.2) is 6.29 Å². The van der Waals surface area contributed by atoms with Crippen molar-refractivity contribution in [3.05, 3.63) is 41.7 Å². The molecule has 1 aromatic carbocycles. The fourth-order valence-corrected chi connectivity index (χ4v) is 2.95. The zero-order chi connectivity index (χ0) is 15.4. The predicted molar refractivity (Wildman–Crippen MR) is 80.5 cm³/mol. The van der Waals surface area contributed by atoms with E-state index in [-0.39, 0.29) is 24.1 Å². The molecule has 0 aromatic heterocycles. The normalized spacial score (nSPS) is 23.3. The molecule has 5 heteroatoms. The van der Waals surface area contributed by atoms with Crippen LogP contribution >= 0.6 is 0 Å². The first-order valence-electron chi connectivity index (χ1n) is 7.71. The van der Waals surface area contributed by atoms with Gasteiger partial charge in [0.2, 0.25) is 5.91 Å². The van der Waals surface area contributed by atoms with Gasteiger partial charge in [-0.25, -0.2) is 4.39 Å². The van der Waals surface area contributed by atoms with Gasteiger partial charge in [-0.15, -0.1) is 0 Å². The molecule has 22 heavy (non-hydrogen) atoms. The third-order valence-electron chi connectivity index (χ3n) is 4.08. The molecule has 118 valence electrons. The van der Waals surface area contributed by atoms with E-state index in [0.29, 0.717) is 13.2 Å². The molecule has 0 bridgehead atoms. The highest BCUT2D eigenvalue weighted by Gasteiger charge is 2.35. The number of carbonyl (C=O) groups is 1. The van der Waals surface area contributed by atoms with E-state index >= 15 is 0 Å². The fraction of sp³-hybridized carbons (Fsp3) is 0.471. The number of hydrogen-bond acceptors (Lipinski definition) is 3. The summed E-state index contributed by atoms with van der Waals surface area (Å²) in [6, 6.07) is 6.05. The molecule has 4 nitrogen and oxygen atoms in total. The molecule has 1 aromatic rings. The van der Waals surface area contributed by atoms with Crippen LogP contribution in [0, 0.1) is 5.82 Å². The third-order valence-corrected chi connectivity index (χ3v) is 4.08. The summed E-state index contributed by atoms with van der Waals surface area (Å²) in [6.45, 7) is 1.91. The van der Waals surface area contributed by atoms with Crippen LogP contribution in [0.5, 0.6) is 0 Å². The highest BCUT2D eigenvalue weighted by Crippen LogP contribution is 2.24. The van der Waals surface area contributed by atoms with Gasteiger partial charge in [0, 0.05) is 12.6 Å². The minimum atomic E-state index is -0.302. The summed E-state index contributed by atoms with van der Waals surface area (Å²) in [7, 11) is 0. The Labute approximate surface area is 129 Å². The van der Waals surface area contributed by atoms with Gasteiger partial charge in [-0.3, -0.25) is 4.79 Å². The lowest BCUT2D eigenvalue weighted by molar-refractivity contribution is -0.145. The van der Waals surface area contributed by atoms with Crippen LogP contribution < -0.4 is 0 Å². The average Bonchev–Trinajstić information content (AvgIpc) is 3.08. The fourth-order valence-electron chi connectivity index (χ4n) is 2.95. The van der Waals surface area contributed by atoms with Crippen LogP contribution in [0.25, 0.3) is 6.08 Å². The summed E-state index contributed by atoms with van der Waals surface area (Å²) >= 11 is 0. The van der Waals surface area contributed by atoms with E-state index in [1.165, 1.54) is 12.1 Å². The molecular weight excluding hydrogens is 285 g/mol. The van der Waals surface area contributed by atoms with Crippen LogP contribution in [-0.2, 0) is 14.3 Å². The van der Waals surface area contributed by atoms with E-state index in [9.17, 15) is 9.18 Å². The van der Waals surface area contributed by atoms with Crippen molar-refractivity contribution in [2.75, 3.05) is 19.8 Å². The summed E-state index contributed by atoms with van der Waals surface area (Å²) in [6.07, 6.45) is 5.94. The zero-order valence-electron chi connectivity index (χ0n) is 12.4. The second-order valence-electron chi connectivity index (χ2n) is 5.59. The number of benzene rings is 1. The molecule has 2 heterocycles. The molecule has 0 unspecified atom stereocenters. The molecule has 0 aliphatic carbocycles. The predicted octanol–water partition coefficient (Wildman–Crippen LogP) is 2.59. The summed E-state index contributed by atoms with van der Waals surface area (Å²) in [4.78, 5) is 14.3. The van der Waals surface area contributed by atoms with Crippen molar-refractivity contribution in [1.29, 1.82) is 0 Å². The van der Waals surface area contributed by atoms with Gasteiger partial charge < -0.3 is 14.4 Å². The van der Waals surface area contributed by atoms with Gasteiger partial charge in [0.1, 0.15) is 5.82 Å². The van der Waals surface area contributed by atoms with Crippen molar-refractivity contribution < 1.29 is 18.7 Å². The van der Waals surface area contributed by atoms with Crippen LogP contribution in [0.15, 0.2) is 30.3 Å². The Balaban J connectivity index is 1.67. The summed E-state index contributed by atoms with van der Waals surface area (Å²) in [5.41, 5.74) is 0.802. The van der Waals surface area contributed by atoms with Gasteiger partial charge in [-0.1, -0.05) is 12.1 Å². The minimum Gasteiger partial charge on any atom is -0.348 e. The highest BCUT2D eigenvalue weighted by molar-refractivity contribution is 5.92. The highest BCUT2D eigenvalue weighted by atomic mass is 19.1. The van der Waals surface area contributed by atoms with E-state index in [4.69, 9.17) is 9.47 Å². The quantitative estimate of drug-likeness (QED) is 0.806. The number of amides is 1. The Bertz CT molecular complexity index is 537. The second kappa shape index (κ2) is 7.03. The first kappa shape index (κ1) is 15.2. The average molecular weight is 305 g/mol. The van der Waals surface area contributed by atoms with E-state index in [0.717, 1.165) is 31.4 Å². The standard InChI is InChI=1S/C17H20FNO3/c18-14-7-4-13(5-8-14)6-9-16(20)19-10-2-1-3-15(19)17-21-11-12-22-17/h4-9,15,17H,1-3,10-12H2/b9-6+/t15-/m1/s1.